The second-order valence-electron chi connectivity index (χ2n) is 5.90. The topological polar surface area (TPSA) is 12.0 Å². The van der Waals surface area contributed by atoms with E-state index >= 15 is 0 Å². The molecule has 0 saturated heterocycles. The maximum atomic E-state index is 3.53. The second-order valence-corrected chi connectivity index (χ2v) is 5.90. The van der Waals surface area contributed by atoms with Crippen LogP contribution < -0.4 is 5.32 Å². The first kappa shape index (κ1) is 12.0. The third-order valence-electron chi connectivity index (χ3n) is 4.08. The van der Waals surface area contributed by atoms with E-state index in [2.05, 4.69) is 40.1 Å². The molecule has 0 aromatic heterocycles. The minimum Gasteiger partial charge on any atom is -0.316 e. The minimum atomic E-state index is 0.538. The molecule has 1 N–H and O–H groups in total. The van der Waals surface area contributed by atoms with Gasteiger partial charge < -0.3 is 5.32 Å². The van der Waals surface area contributed by atoms with Gasteiger partial charge in [0, 0.05) is 6.04 Å². The maximum Gasteiger partial charge on any atom is 0.0120 e. The molecule has 0 aromatic carbocycles. The Labute approximate surface area is 89.7 Å². The number of hydrogen-bond donors (Lipinski definition) is 1. The fourth-order valence-corrected chi connectivity index (χ4v) is 3.19. The Morgan fingerprint density at radius 1 is 1.21 bits per heavy atom. The third-order valence-corrected chi connectivity index (χ3v) is 4.08. The van der Waals surface area contributed by atoms with Crippen LogP contribution in [0.3, 0.4) is 0 Å². The largest absolute Gasteiger partial charge is 0.316 e. The van der Waals surface area contributed by atoms with Gasteiger partial charge in [0.05, 0.1) is 0 Å². The van der Waals surface area contributed by atoms with Crippen LogP contribution in [0.2, 0.25) is 0 Å². The highest BCUT2D eigenvalue weighted by Crippen LogP contribution is 2.43. The summed E-state index contributed by atoms with van der Waals surface area (Å²) in [5.74, 6) is 1.61. The molecule has 1 saturated carbocycles. The van der Waals surface area contributed by atoms with E-state index < -0.39 is 0 Å². The summed E-state index contributed by atoms with van der Waals surface area (Å²) >= 11 is 0. The molecular weight excluding hydrogens is 170 g/mol. The van der Waals surface area contributed by atoms with E-state index in [-0.39, 0.29) is 0 Å². The fourth-order valence-electron chi connectivity index (χ4n) is 3.19. The van der Waals surface area contributed by atoms with Crippen molar-refractivity contribution in [2.45, 2.75) is 59.4 Å². The van der Waals surface area contributed by atoms with Gasteiger partial charge in [0.1, 0.15) is 0 Å². The van der Waals surface area contributed by atoms with Crippen molar-refractivity contribution >= 4 is 0 Å². The zero-order valence-corrected chi connectivity index (χ0v) is 10.6. The first-order chi connectivity index (χ1) is 6.49. The van der Waals surface area contributed by atoms with Crippen LogP contribution in [0.1, 0.15) is 53.4 Å². The summed E-state index contributed by atoms with van der Waals surface area (Å²) in [5.41, 5.74) is 0.538. The van der Waals surface area contributed by atoms with Gasteiger partial charge in [0.25, 0.3) is 0 Å². The highest BCUT2D eigenvalue weighted by Gasteiger charge is 2.37. The molecule has 0 radical (unpaired) electrons. The number of hydrogen-bond acceptors (Lipinski definition) is 1. The van der Waals surface area contributed by atoms with E-state index in [0.717, 1.165) is 11.8 Å². The van der Waals surface area contributed by atoms with E-state index in [9.17, 15) is 0 Å². The first-order valence-electron chi connectivity index (χ1n) is 6.16. The van der Waals surface area contributed by atoms with E-state index in [1.54, 1.807) is 0 Å². The Morgan fingerprint density at radius 2 is 1.86 bits per heavy atom. The monoisotopic (exact) mass is 197 g/mol. The summed E-state index contributed by atoms with van der Waals surface area (Å²) < 4.78 is 0. The molecule has 0 aliphatic heterocycles. The zero-order chi connectivity index (χ0) is 10.8. The lowest BCUT2D eigenvalue weighted by Crippen LogP contribution is -2.46. The standard InChI is InChI=1S/C13H27N/c1-10(2)12(14-5)11-8-6-7-9-13(11,3)4/h10-12,14H,6-9H2,1-5H3. The van der Waals surface area contributed by atoms with Gasteiger partial charge in [-0.3, -0.25) is 0 Å². The van der Waals surface area contributed by atoms with Crippen LogP contribution in [0.25, 0.3) is 0 Å². The Morgan fingerprint density at radius 3 is 2.29 bits per heavy atom. The average molecular weight is 197 g/mol. The van der Waals surface area contributed by atoms with Crippen molar-refractivity contribution in [1.29, 1.82) is 0 Å². The average Bonchev–Trinajstić information content (AvgIpc) is 2.08. The van der Waals surface area contributed by atoms with Gasteiger partial charge in [-0.05, 0) is 37.1 Å². The van der Waals surface area contributed by atoms with Gasteiger partial charge in [-0.25, -0.2) is 0 Å². The van der Waals surface area contributed by atoms with Gasteiger partial charge in [-0.15, -0.1) is 0 Å². The Hall–Kier alpha value is -0.0400. The Bertz CT molecular complexity index is 172. The van der Waals surface area contributed by atoms with Crippen LogP contribution in [0.4, 0.5) is 0 Å². The normalized spacial score (nSPS) is 29.1. The van der Waals surface area contributed by atoms with E-state index in [0.29, 0.717) is 11.5 Å². The van der Waals surface area contributed by atoms with Crippen LogP contribution in [0.5, 0.6) is 0 Å². The predicted molar refractivity (Wildman–Crippen MR) is 63.4 cm³/mol. The first-order valence-corrected chi connectivity index (χ1v) is 6.16. The summed E-state index contributed by atoms with van der Waals surface area (Å²) in [4.78, 5) is 0. The summed E-state index contributed by atoms with van der Waals surface area (Å²) in [7, 11) is 2.12. The molecule has 1 fully saturated rings. The van der Waals surface area contributed by atoms with Crippen LogP contribution in [0.15, 0.2) is 0 Å². The van der Waals surface area contributed by atoms with Crippen molar-refractivity contribution in [3.63, 3.8) is 0 Å². The quantitative estimate of drug-likeness (QED) is 0.731. The third kappa shape index (κ3) is 2.50. The summed E-state index contributed by atoms with van der Waals surface area (Å²) in [5, 5.41) is 3.53. The molecule has 1 nitrogen and oxygen atoms in total. The molecule has 1 aliphatic rings. The summed E-state index contributed by atoms with van der Waals surface area (Å²) in [6.45, 7) is 9.57. The minimum absolute atomic E-state index is 0.538. The van der Waals surface area contributed by atoms with Crippen LogP contribution in [-0.4, -0.2) is 13.1 Å². The van der Waals surface area contributed by atoms with Crippen molar-refractivity contribution in [3.8, 4) is 0 Å². The van der Waals surface area contributed by atoms with Crippen LogP contribution in [-0.2, 0) is 0 Å². The second kappa shape index (κ2) is 4.65. The predicted octanol–water partition coefficient (Wildman–Crippen LogP) is 3.45. The molecule has 0 aromatic rings. The molecule has 2 atom stereocenters. The molecule has 0 amide bonds. The van der Waals surface area contributed by atoms with Crippen LogP contribution >= 0.6 is 0 Å². The number of nitrogens with one attached hydrogen (secondary N) is 1. The Balaban J connectivity index is 2.71. The van der Waals surface area contributed by atoms with Gasteiger partial charge in [0.15, 0.2) is 0 Å². The SMILES string of the molecule is CNC(C(C)C)C1CCCCC1(C)C. The van der Waals surface area contributed by atoms with Gasteiger partial charge in [-0.2, -0.15) is 0 Å². The molecule has 84 valence electrons. The Kier molecular flexibility index (Phi) is 4.00. The lowest BCUT2D eigenvalue weighted by atomic mass is 9.64. The number of rotatable bonds is 3. The van der Waals surface area contributed by atoms with E-state index in [4.69, 9.17) is 0 Å². The highest BCUT2D eigenvalue weighted by atomic mass is 14.9. The lowest BCUT2D eigenvalue weighted by Gasteiger charge is -2.44. The lowest BCUT2D eigenvalue weighted by molar-refractivity contribution is 0.0832. The van der Waals surface area contributed by atoms with Crippen molar-refractivity contribution in [1.82, 2.24) is 5.32 Å². The van der Waals surface area contributed by atoms with Crippen LogP contribution in [0, 0.1) is 17.3 Å². The summed E-state index contributed by atoms with van der Waals surface area (Å²) in [6, 6.07) is 0.699. The summed E-state index contributed by atoms with van der Waals surface area (Å²) in [6.07, 6.45) is 5.68. The van der Waals surface area contributed by atoms with Gasteiger partial charge >= 0.3 is 0 Å². The van der Waals surface area contributed by atoms with Crippen molar-refractivity contribution in [2.24, 2.45) is 17.3 Å². The molecule has 1 heteroatoms. The zero-order valence-electron chi connectivity index (χ0n) is 10.6. The molecule has 1 aliphatic carbocycles. The van der Waals surface area contributed by atoms with E-state index in [1.807, 2.05) is 0 Å². The van der Waals surface area contributed by atoms with Crippen molar-refractivity contribution in [3.05, 3.63) is 0 Å². The molecule has 2 unspecified atom stereocenters. The molecule has 1 rings (SSSR count). The van der Waals surface area contributed by atoms with E-state index in [1.165, 1.54) is 25.7 Å². The fraction of sp³-hybridized carbons (Fsp3) is 1.00. The molecule has 14 heavy (non-hydrogen) atoms. The molecular formula is C13H27N. The highest BCUT2D eigenvalue weighted by molar-refractivity contribution is 4.91. The smallest absolute Gasteiger partial charge is 0.0120 e. The van der Waals surface area contributed by atoms with Crippen molar-refractivity contribution in [2.75, 3.05) is 7.05 Å². The molecule has 0 heterocycles. The van der Waals surface area contributed by atoms with Crippen molar-refractivity contribution < 1.29 is 0 Å². The van der Waals surface area contributed by atoms with Gasteiger partial charge in [-0.1, -0.05) is 40.5 Å². The van der Waals surface area contributed by atoms with Gasteiger partial charge in [0.2, 0.25) is 0 Å². The molecule has 0 spiro atoms. The molecule has 0 bridgehead atoms. The maximum absolute atomic E-state index is 3.53.